The molecule has 27 heteroatoms. The number of nitrogens with one attached hydrogen (secondary N) is 2. The van der Waals surface area contributed by atoms with Gasteiger partial charge in [0.2, 0.25) is 17.5 Å². The monoisotopic (exact) mass is 1410 g/mol. The molecule has 2 saturated carbocycles. The first kappa shape index (κ1) is 70.4. The van der Waals surface area contributed by atoms with Gasteiger partial charge in [-0.1, -0.05) is 46.4 Å². The number of anilines is 3. The van der Waals surface area contributed by atoms with E-state index in [-0.39, 0.29) is 22.9 Å². The van der Waals surface area contributed by atoms with Crippen molar-refractivity contribution in [3.8, 4) is 57.5 Å². The van der Waals surface area contributed by atoms with E-state index in [1.165, 1.54) is 28.4 Å². The first-order valence-corrected chi connectivity index (χ1v) is 31.7. The van der Waals surface area contributed by atoms with Crippen molar-refractivity contribution in [1.29, 1.82) is 0 Å². The zero-order chi connectivity index (χ0) is 70.6. The van der Waals surface area contributed by atoms with E-state index in [1.807, 2.05) is 0 Å². The molecule has 10 N–H and O–H groups in total. The number of ether oxygens (including phenoxy) is 7. The first-order valence-electron chi connectivity index (χ1n) is 30.2. The molecule has 2 aliphatic rings. The van der Waals surface area contributed by atoms with Crippen molar-refractivity contribution in [2.24, 2.45) is 29.0 Å². The van der Waals surface area contributed by atoms with Crippen molar-refractivity contribution in [2.75, 3.05) is 44.8 Å². The van der Waals surface area contributed by atoms with E-state index < -0.39 is 17.7 Å². The van der Waals surface area contributed by atoms with Crippen LogP contribution in [0.15, 0.2) is 152 Å². The second-order valence-corrected chi connectivity index (χ2v) is 24.0. The summed E-state index contributed by atoms with van der Waals surface area (Å²) < 4.78 is 38.6. The van der Waals surface area contributed by atoms with Crippen LogP contribution in [0.4, 0.5) is 22.7 Å². The lowest BCUT2D eigenvalue weighted by Gasteiger charge is -2.13. The summed E-state index contributed by atoms with van der Waals surface area (Å²) in [5.74, 6) is 3.77. The molecule has 2 aliphatic carbocycles. The number of hydrogen-bond donors (Lipinski definition) is 6. The van der Waals surface area contributed by atoms with Gasteiger partial charge < -0.3 is 66.7 Å². The van der Waals surface area contributed by atoms with Crippen LogP contribution >= 0.6 is 46.4 Å². The highest BCUT2D eigenvalue weighted by Gasteiger charge is 2.26. The fraction of sp³-hybridized carbons (Fsp3) is 0.167. The van der Waals surface area contributed by atoms with Crippen molar-refractivity contribution < 1.29 is 57.1 Å². The molecular formula is C72H61Cl4N11O12. The Morgan fingerprint density at radius 3 is 1.13 bits per heavy atom. The van der Waals surface area contributed by atoms with Gasteiger partial charge in [-0.05, 0) is 129 Å². The number of fused-ring (bicyclic) bond motifs is 4. The fourth-order valence-corrected chi connectivity index (χ4v) is 10.8. The molecule has 4 heterocycles. The van der Waals surface area contributed by atoms with Gasteiger partial charge in [0.05, 0.1) is 111 Å². The quantitative estimate of drug-likeness (QED) is 0.0323. The second kappa shape index (κ2) is 31.6. The molecule has 99 heavy (non-hydrogen) atoms. The van der Waals surface area contributed by atoms with Gasteiger partial charge in [-0.3, -0.25) is 43.9 Å². The summed E-state index contributed by atoms with van der Waals surface area (Å²) >= 11 is 24.7. The van der Waals surface area contributed by atoms with E-state index in [0.717, 1.165) is 25.7 Å². The maximum absolute atomic E-state index is 12.0. The van der Waals surface area contributed by atoms with E-state index in [0.29, 0.717) is 174 Å². The van der Waals surface area contributed by atoms with Gasteiger partial charge in [0, 0.05) is 95.6 Å². The Kier molecular flexibility index (Phi) is 22.5. The van der Waals surface area contributed by atoms with Crippen LogP contribution < -0.4 is 66.7 Å². The van der Waals surface area contributed by atoms with E-state index in [9.17, 15) is 24.0 Å². The number of aromatic nitrogens is 4. The van der Waals surface area contributed by atoms with Gasteiger partial charge in [-0.25, -0.2) is 4.85 Å². The van der Waals surface area contributed by atoms with Crippen LogP contribution in [0.1, 0.15) is 69.6 Å². The highest BCUT2D eigenvalue weighted by molar-refractivity contribution is 6.36. The number of benzene rings is 7. The SMILES string of the molecule is COc1cc2nccc(Cl)c2cc1C(N)=O.COc1cc2nccc(Oc3ccc(N)c(Cl)c3)c2cc1C(N)=O.COc1cc2nccc(Oc3ccc(NC(=O)CC4CC4)c(Cl)c3)c2cc1C(N)=O.[C-]#[N+]c1cc2c(Oc3ccc(NC(=O)CC4CC4)c(Cl)c3)ccnc2cc1OC. The van der Waals surface area contributed by atoms with Crippen LogP contribution in [-0.2, 0) is 9.59 Å². The third-order valence-corrected chi connectivity index (χ3v) is 16.7. The fourth-order valence-electron chi connectivity index (χ4n) is 10.0. The zero-order valence-corrected chi connectivity index (χ0v) is 56.3. The van der Waals surface area contributed by atoms with Gasteiger partial charge in [-0.2, -0.15) is 0 Å². The molecule has 4 aromatic heterocycles. The summed E-state index contributed by atoms with van der Waals surface area (Å²) in [6.45, 7) is 7.34. The lowest BCUT2D eigenvalue weighted by atomic mass is 10.1. The van der Waals surface area contributed by atoms with Crippen LogP contribution in [0, 0.1) is 18.4 Å². The molecule has 13 rings (SSSR count). The number of nitrogens with two attached hydrogens (primary N) is 4. The van der Waals surface area contributed by atoms with Crippen LogP contribution in [0.5, 0.6) is 57.5 Å². The molecule has 0 bridgehead atoms. The lowest BCUT2D eigenvalue weighted by Crippen LogP contribution is -2.12. The molecule has 0 aliphatic heterocycles. The Labute approximate surface area is 586 Å². The minimum Gasteiger partial charge on any atom is -0.508 e. The third-order valence-electron chi connectivity index (χ3n) is 15.4. The Morgan fingerprint density at radius 2 is 0.778 bits per heavy atom. The molecule has 0 spiro atoms. The smallest absolute Gasteiger partial charge is 0.252 e. The van der Waals surface area contributed by atoms with Crippen LogP contribution in [0.3, 0.4) is 0 Å². The molecule has 23 nitrogen and oxygen atoms in total. The first-order chi connectivity index (χ1) is 47.6. The molecule has 7 aromatic carbocycles. The number of pyridine rings is 4. The predicted molar refractivity (Wildman–Crippen MR) is 381 cm³/mol. The second-order valence-electron chi connectivity index (χ2n) is 22.3. The Morgan fingerprint density at radius 1 is 0.434 bits per heavy atom. The molecule has 504 valence electrons. The molecule has 0 atom stereocenters. The van der Waals surface area contributed by atoms with Gasteiger partial charge in [0.15, 0.2) is 0 Å². The number of methoxy groups -OCH3 is 4. The molecule has 11 aromatic rings. The number of amides is 5. The molecule has 0 saturated heterocycles. The van der Waals surface area contributed by atoms with Gasteiger partial charge >= 0.3 is 0 Å². The minimum absolute atomic E-state index is 0.0242. The number of halogens is 4. The Balaban J connectivity index is 0.000000146. The lowest BCUT2D eigenvalue weighted by molar-refractivity contribution is -0.117. The van der Waals surface area contributed by atoms with Crippen LogP contribution in [0.2, 0.25) is 20.1 Å². The molecule has 5 amide bonds. The number of primary amides is 3. The van der Waals surface area contributed by atoms with E-state index >= 15 is 0 Å². The van der Waals surface area contributed by atoms with Crippen molar-refractivity contribution in [3.63, 3.8) is 0 Å². The van der Waals surface area contributed by atoms with E-state index in [4.69, 9.17) is 109 Å². The zero-order valence-electron chi connectivity index (χ0n) is 53.3. The largest absolute Gasteiger partial charge is 0.508 e. The van der Waals surface area contributed by atoms with Crippen molar-refractivity contribution >= 4 is 142 Å². The number of carbonyl (C=O) groups excluding carboxylic acids is 5. The van der Waals surface area contributed by atoms with Crippen LogP contribution in [-0.4, -0.2) is 77.9 Å². The van der Waals surface area contributed by atoms with Crippen LogP contribution in [0.25, 0.3) is 48.5 Å². The summed E-state index contributed by atoms with van der Waals surface area (Å²) in [6, 6.07) is 34.9. The standard InChI is InChI=1S/C22H20ClN3O4.C22H18ClN3O3.C17H14ClN3O3.C11H9ClN2O2/c1-29-20-11-18-14(10-15(20)22(24)28)19(6-7-25-18)30-13-4-5-17(16(23)9-13)26-21(27)8-12-2-3-12;1-24-19-11-15-18(12-21(19)28-2)25-8-7-20(15)29-14-5-6-17(16(23)10-14)26-22(27)9-13-3-4-13;1-23-16-8-14-10(7-11(16)17(20)22)15(4-5-21-14)24-9-2-3-13(19)12(18)6-9;1-16-10-5-9-6(4-7(10)11(13)15)8(12)2-3-14-9/h4-7,9-12H,2-3,8H2,1H3,(H2,24,28)(H,26,27);5-8,10-13H,3-4,9H2,2H3,(H,26,27);2-8H,19H2,1H3,(H2,20,22);2-5H,1H3,(H2,13,15). The average Bonchev–Trinajstić information content (AvgIpc) is 1.35. The number of hydrogen-bond acceptors (Lipinski definition) is 17. The van der Waals surface area contributed by atoms with E-state index in [2.05, 4.69) is 35.4 Å². The average molecular weight is 1410 g/mol. The molecule has 2 fully saturated rings. The Hall–Kier alpha value is -11.4. The van der Waals surface area contributed by atoms with Crippen molar-refractivity contribution in [3.05, 3.63) is 200 Å². The third kappa shape index (κ3) is 17.6. The summed E-state index contributed by atoms with van der Waals surface area (Å²) in [4.78, 5) is 79.2. The molecular weight excluding hydrogens is 1350 g/mol. The van der Waals surface area contributed by atoms with E-state index in [1.54, 1.807) is 152 Å². The number of rotatable bonds is 19. The summed E-state index contributed by atoms with van der Waals surface area (Å²) in [5.41, 5.74) is 27.0. The summed E-state index contributed by atoms with van der Waals surface area (Å²) in [5, 5.41) is 9.96. The molecule has 0 radical (unpaired) electrons. The summed E-state index contributed by atoms with van der Waals surface area (Å²) in [7, 11) is 5.91. The molecule has 0 unspecified atom stereocenters. The normalized spacial score (nSPS) is 12.0. The highest BCUT2D eigenvalue weighted by atomic mass is 35.5. The number of nitrogen functional groups attached to an aromatic ring is 1. The number of carbonyl (C=O) groups is 5. The topological polar surface area (TPSA) is 334 Å². The predicted octanol–water partition coefficient (Wildman–Crippen LogP) is 15.9. The van der Waals surface area contributed by atoms with Gasteiger partial charge in [0.1, 0.15) is 57.5 Å². The van der Waals surface area contributed by atoms with Crippen molar-refractivity contribution in [1.82, 2.24) is 19.9 Å². The summed E-state index contributed by atoms with van der Waals surface area (Å²) in [6.07, 6.45) is 11.9. The van der Waals surface area contributed by atoms with Gasteiger partial charge in [0.25, 0.3) is 17.7 Å². The van der Waals surface area contributed by atoms with Crippen molar-refractivity contribution in [2.45, 2.75) is 38.5 Å². The highest BCUT2D eigenvalue weighted by Crippen LogP contribution is 2.42. The minimum atomic E-state index is -0.613. The maximum Gasteiger partial charge on any atom is 0.252 e. The maximum atomic E-state index is 12.0. The number of nitrogens with zero attached hydrogens (tertiary/aromatic N) is 5. The van der Waals surface area contributed by atoms with Gasteiger partial charge in [-0.15, -0.1) is 0 Å². The Bertz CT molecular complexity index is 5010.